The Labute approximate surface area is 86.6 Å². The first-order valence-electron chi connectivity index (χ1n) is 4.38. The minimum Gasteiger partial charge on any atom is -0.409 e. The summed E-state index contributed by atoms with van der Waals surface area (Å²) in [6, 6.07) is 7.63. The molecule has 1 aromatic carbocycles. The van der Waals surface area contributed by atoms with Gasteiger partial charge in [0, 0.05) is 17.5 Å². The molecule has 0 bridgehead atoms. The maximum absolute atomic E-state index is 8.56. The molecule has 0 radical (unpaired) electrons. The van der Waals surface area contributed by atoms with E-state index in [4.69, 9.17) is 10.9 Å². The third-order valence-electron chi connectivity index (χ3n) is 2.03. The van der Waals surface area contributed by atoms with E-state index >= 15 is 0 Å². The molecular weight excluding hydrogens is 192 g/mol. The number of hydrogen-bond acceptors (Lipinski definition) is 4. The van der Waals surface area contributed by atoms with Gasteiger partial charge in [-0.1, -0.05) is 23.4 Å². The summed E-state index contributed by atoms with van der Waals surface area (Å²) in [7, 11) is 0. The third-order valence-corrected chi connectivity index (χ3v) is 2.03. The largest absolute Gasteiger partial charge is 0.409 e. The molecule has 1 aromatic rings. The second-order valence-corrected chi connectivity index (χ2v) is 3.02. The molecule has 0 amide bonds. The van der Waals surface area contributed by atoms with E-state index in [2.05, 4.69) is 15.5 Å². The first-order valence-corrected chi connectivity index (χ1v) is 4.38. The Kier molecular flexibility index (Phi) is 2.37. The zero-order valence-electron chi connectivity index (χ0n) is 7.88. The summed E-state index contributed by atoms with van der Waals surface area (Å²) in [6.45, 7) is 0. The van der Waals surface area contributed by atoms with Crippen molar-refractivity contribution in [2.75, 3.05) is 5.32 Å². The van der Waals surface area contributed by atoms with Crippen molar-refractivity contribution in [3.8, 4) is 0 Å². The molecule has 1 aliphatic rings. The Morgan fingerprint density at radius 3 is 3.00 bits per heavy atom. The molecule has 1 heterocycles. The summed E-state index contributed by atoms with van der Waals surface area (Å²) in [4.78, 5) is 4.04. The van der Waals surface area contributed by atoms with Gasteiger partial charge >= 0.3 is 0 Å². The Bertz CT molecular complexity index is 462. The van der Waals surface area contributed by atoms with Gasteiger partial charge in [0.1, 0.15) is 5.70 Å². The van der Waals surface area contributed by atoms with Crippen molar-refractivity contribution >= 4 is 17.7 Å². The summed E-state index contributed by atoms with van der Waals surface area (Å²) in [5.74, 6) is 0.00357. The summed E-state index contributed by atoms with van der Waals surface area (Å²) >= 11 is 0. The van der Waals surface area contributed by atoms with Crippen molar-refractivity contribution in [3.05, 3.63) is 41.7 Å². The molecule has 0 aliphatic carbocycles. The monoisotopic (exact) mass is 202 g/mol. The number of para-hydroxylation sites is 1. The molecule has 0 spiro atoms. The predicted molar refractivity (Wildman–Crippen MR) is 59.2 cm³/mol. The normalized spacial score (nSPS) is 14.9. The van der Waals surface area contributed by atoms with Crippen LogP contribution in [0.5, 0.6) is 0 Å². The van der Waals surface area contributed by atoms with Crippen LogP contribution in [0.3, 0.4) is 0 Å². The Morgan fingerprint density at radius 2 is 2.20 bits per heavy atom. The predicted octanol–water partition coefficient (Wildman–Crippen LogP) is 1.12. The van der Waals surface area contributed by atoms with Gasteiger partial charge in [-0.2, -0.15) is 0 Å². The maximum atomic E-state index is 8.56. The number of fused-ring (bicyclic) bond motifs is 1. The molecule has 4 N–H and O–H groups in total. The lowest BCUT2D eigenvalue weighted by molar-refractivity contribution is 0.318. The van der Waals surface area contributed by atoms with Gasteiger partial charge in [-0.05, 0) is 6.07 Å². The standard InChI is InChI=1S/C10H10N4O/c11-10(14-15)9-6-12-5-7-3-1-2-4-8(7)13-9/h1-6,13,15H,(H2,11,14). The van der Waals surface area contributed by atoms with E-state index in [-0.39, 0.29) is 5.84 Å². The number of oxime groups is 1. The third kappa shape index (κ3) is 1.80. The average Bonchev–Trinajstić information content (AvgIpc) is 2.49. The van der Waals surface area contributed by atoms with Gasteiger partial charge in [-0.15, -0.1) is 0 Å². The minimum atomic E-state index is 0.00357. The number of amidine groups is 1. The molecule has 5 heteroatoms. The van der Waals surface area contributed by atoms with Crippen LogP contribution in [0, 0.1) is 0 Å². The molecule has 1 aliphatic heterocycles. The number of hydrogen-bond donors (Lipinski definition) is 3. The van der Waals surface area contributed by atoms with Crippen LogP contribution < -0.4 is 11.1 Å². The van der Waals surface area contributed by atoms with E-state index in [0.29, 0.717) is 5.70 Å². The fourth-order valence-electron chi connectivity index (χ4n) is 1.28. The van der Waals surface area contributed by atoms with Gasteiger partial charge in [-0.25, -0.2) is 0 Å². The molecule has 0 saturated heterocycles. The maximum Gasteiger partial charge on any atom is 0.188 e. The quantitative estimate of drug-likeness (QED) is 0.276. The van der Waals surface area contributed by atoms with Crippen molar-refractivity contribution in [1.29, 1.82) is 0 Å². The first kappa shape index (κ1) is 9.26. The van der Waals surface area contributed by atoms with Gasteiger partial charge in [0.25, 0.3) is 0 Å². The van der Waals surface area contributed by atoms with Crippen molar-refractivity contribution in [1.82, 2.24) is 0 Å². The average molecular weight is 202 g/mol. The zero-order chi connectivity index (χ0) is 10.7. The number of nitrogens with zero attached hydrogens (tertiary/aromatic N) is 2. The molecule has 2 rings (SSSR count). The van der Waals surface area contributed by atoms with Crippen LogP contribution in [-0.4, -0.2) is 17.3 Å². The van der Waals surface area contributed by atoms with Crippen LogP contribution in [0.25, 0.3) is 0 Å². The number of benzene rings is 1. The summed E-state index contributed by atoms with van der Waals surface area (Å²) in [6.07, 6.45) is 3.22. The fourth-order valence-corrected chi connectivity index (χ4v) is 1.28. The molecule has 76 valence electrons. The number of anilines is 1. The molecule has 0 aromatic heterocycles. The van der Waals surface area contributed by atoms with Crippen molar-refractivity contribution in [3.63, 3.8) is 0 Å². The van der Waals surface area contributed by atoms with Gasteiger partial charge in [0.15, 0.2) is 5.84 Å². The van der Waals surface area contributed by atoms with Crippen LogP contribution in [0.15, 0.2) is 46.3 Å². The van der Waals surface area contributed by atoms with E-state index in [9.17, 15) is 0 Å². The first-order chi connectivity index (χ1) is 7.31. The van der Waals surface area contributed by atoms with Gasteiger partial charge in [0.05, 0.1) is 6.20 Å². The lowest BCUT2D eigenvalue weighted by Crippen LogP contribution is -2.20. The van der Waals surface area contributed by atoms with E-state index in [1.165, 1.54) is 6.20 Å². The van der Waals surface area contributed by atoms with E-state index in [0.717, 1.165) is 11.3 Å². The molecule has 15 heavy (non-hydrogen) atoms. The van der Waals surface area contributed by atoms with E-state index in [1.807, 2.05) is 24.3 Å². The number of nitrogens with one attached hydrogen (secondary N) is 1. The van der Waals surface area contributed by atoms with Crippen molar-refractivity contribution in [2.24, 2.45) is 15.9 Å². The highest BCUT2D eigenvalue weighted by atomic mass is 16.4. The fraction of sp³-hybridized carbons (Fsp3) is 0. The molecule has 0 fully saturated rings. The SMILES string of the molecule is NC(=NO)C1=CN=Cc2ccccc2N1. The van der Waals surface area contributed by atoms with Crippen LogP contribution in [-0.2, 0) is 0 Å². The molecular formula is C10H10N4O. The van der Waals surface area contributed by atoms with E-state index in [1.54, 1.807) is 6.21 Å². The Hall–Kier alpha value is -2.30. The molecule has 0 atom stereocenters. The van der Waals surface area contributed by atoms with Gasteiger partial charge < -0.3 is 16.3 Å². The second kappa shape index (κ2) is 3.83. The molecule has 0 unspecified atom stereocenters. The highest BCUT2D eigenvalue weighted by molar-refractivity contribution is 6.02. The number of nitrogens with two attached hydrogens (primary N) is 1. The highest BCUT2D eigenvalue weighted by Crippen LogP contribution is 2.17. The summed E-state index contributed by atoms with van der Waals surface area (Å²) < 4.78 is 0. The lowest BCUT2D eigenvalue weighted by Gasteiger charge is -2.08. The minimum absolute atomic E-state index is 0.00357. The molecule has 0 saturated carbocycles. The number of rotatable bonds is 1. The Morgan fingerprint density at radius 1 is 1.40 bits per heavy atom. The van der Waals surface area contributed by atoms with Crippen molar-refractivity contribution in [2.45, 2.75) is 0 Å². The van der Waals surface area contributed by atoms with E-state index < -0.39 is 0 Å². The summed E-state index contributed by atoms with van der Waals surface area (Å²) in [5, 5.41) is 14.5. The van der Waals surface area contributed by atoms with Crippen LogP contribution in [0.2, 0.25) is 0 Å². The van der Waals surface area contributed by atoms with Crippen LogP contribution in [0.4, 0.5) is 5.69 Å². The Balaban J connectivity index is 2.39. The van der Waals surface area contributed by atoms with Crippen molar-refractivity contribution < 1.29 is 5.21 Å². The number of aliphatic imine (C=N–C) groups is 1. The highest BCUT2D eigenvalue weighted by Gasteiger charge is 2.08. The van der Waals surface area contributed by atoms with Gasteiger partial charge in [0.2, 0.25) is 0 Å². The van der Waals surface area contributed by atoms with Crippen LogP contribution >= 0.6 is 0 Å². The lowest BCUT2D eigenvalue weighted by atomic mass is 10.2. The zero-order valence-corrected chi connectivity index (χ0v) is 7.88. The summed E-state index contributed by atoms with van der Waals surface area (Å²) in [5.41, 5.74) is 7.77. The van der Waals surface area contributed by atoms with Crippen LogP contribution in [0.1, 0.15) is 5.56 Å². The second-order valence-electron chi connectivity index (χ2n) is 3.02. The van der Waals surface area contributed by atoms with Gasteiger partial charge in [-0.3, -0.25) is 4.99 Å². The topological polar surface area (TPSA) is 83.0 Å². The smallest absolute Gasteiger partial charge is 0.188 e. The molecule has 5 nitrogen and oxygen atoms in total.